The van der Waals surface area contributed by atoms with Gasteiger partial charge in [0.05, 0.1) is 11.5 Å². The molecule has 0 fully saturated rings. The van der Waals surface area contributed by atoms with Crippen molar-refractivity contribution in [2.75, 3.05) is 13.2 Å². The van der Waals surface area contributed by atoms with E-state index in [0.717, 1.165) is 11.1 Å². The van der Waals surface area contributed by atoms with Crippen LogP contribution < -0.4 is 10.0 Å². The Morgan fingerprint density at radius 2 is 1.81 bits per heavy atom. The molecule has 2 aromatic carbocycles. The molecule has 2 aromatic rings. The van der Waals surface area contributed by atoms with E-state index in [1.54, 1.807) is 12.1 Å². The summed E-state index contributed by atoms with van der Waals surface area (Å²) in [5, 5.41) is 3.11. The molecule has 1 amide bonds. The third kappa shape index (κ3) is 7.30. The fourth-order valence-corrected chi connectivity index (χ4v) is 3.61. The summed E-state index contributed by atoms with van der Waals surface area (Å²) in [4.78, 5) is 12.0. The molecule has 2 rings (SSSR count). The molecular weight excluding hydrogens is 388 g/mol. The number of benzene rings is 2. The van der Waals surface area contributed by atoms with Gasteiger partial charge in [0.25, 0.3) is 0 Å². The predicted octanol–water partition coefficient (Wildman–Crippen LogP) is 2.86. The second-order valence-corrected chi connectivity index (χ2v) is 8.04. The summed E-state index contributed by atoms with van der Waals surface area (Å²) in [5.41, 5.74) is 2.03. The first kappa shape index (κ1) is 21.4. The van der Waals surface area contributed by atoms with E-state index >= 15 is 0 Å². The van der Waals surface area contributed by atoms with Gasteiger partial charge in [-0.3, -0.25) is 4.79 Å². The predicted molar refractivity (Wildman–Crippen MR) is 105 cm³/mol. The second-order valence-electron chi connectivity index (χ2n) is 5.84. The average molecular weight is 411 g/mol. The normalized spacial score (nSPS) is 11.3. The molecule has 0 aliphatic heterocycles. The second kappa shape index (κ2) is 10.4. The van der Waals surface area contributed by atoms with Crippen LogP contribution in [0.15, 0.2) is 53.4 Å². The molecule has 0 aliphatic carbocycles. The molecule has 0 aliphatic rings. The Labute approximate surface area is 164 Å². The van der Waals surface area contributed by atoms with E-state index in [2.05, 4.69) is 10.0 Å². The molecule has 2 N–H and O–H groups in total. The maximum absolute atomic E-state index is 12.1. The lowest BCUT2D eigenvalue weighted by molar-refractivity contribution is -0.121. The third-order valence-corrected chi connectivity index (χ3v) is 5.43. The van der Waals surface area contributed by atoms with Gasteiger partial charge in [-0.1, -0.05) is 41.9 Å². The first-order chi connectivity index (χ1) is 12.9. The molecule has 0 aromatic heterocycles. The number of sulfonamides is 1. The highest BCUT2D eigenvalue weighted by Crippen LogP contribution is 2.15. The molecule has 8 heteroatoms. The van der Waals surface area contributed by atoms with Crippen LogP contribution in [-0.4, -0.2) is 27.5 Å². The van der Waals surface area contributed by atoms with E-state index in [1.165, 1.54) is 12.1 Å². The van der Waals surface area contributed by atoms with E-state index in [9.17, 15) is 13.2 Å². The Morgan fingerprint density at radius 3 is 2.48 bits per heavy atom. The van der Waals surface area contributed by atoms with E-state index < -0.39 is 10.0 Å². The van der Waals surface area contributed by atoms with Gasteiger partial charge >= 0.3 is 0 Å². The summed E-state index contributed by atoms with van der Waals surface area (Å²) >= 11 is 5.81. The highest BCUT2D eigenvalue weighted by Gasteiger charge is 2.14. The Kier molecular flexibility index (Phi) is 8.24. The van der Waals surface area contributed by atoms with E-state index in [-0.39, 0.29) is 23.8 Å². The molecular formula is C19H23ClN2O4S. The van der Waals surface area contributed by atoms with Crippen molar-refractivity contribution in [2.45, 2.75) is 31.4 Å². The molecule has 0 radical (unpaired) electrons. The standard InChI is InChI=1S/C19H23ClN2O4S/c1-2-26-14-16-8-6-15(7-9-16)13-21-19(23)10-11-22-27(24,25)18-5-3-4-17(20)12-18/h3-9,12,22H,2,10-11,13-14H2,1H3,(H,21,23). The molecule has 0 bridgehead atoms. The molecule has 6 nitrogen and oxygen atoms in total. The summed E-state index contributed by atoms with van der Waals surface area (Å²) in [6.07, 6.45) is 0.0439. The fourth-order valence-electron chi connectivity index (χ4n) is 2.28. The van der Waals surface area contributed by atoms with Crippen molar-refractivity contribution < 1.29 is 17.9 Å². The van der Waals surface area contributed by atoms with Gasteiger partial charge in [-0.25, -0.2) is 13.1 Å². The number of carbonyl (C=O) groups excluding carboxylic acids is 1. The van der Waals surface area contributed by atoms with Crippen molar-refractivity contribution in [3.8, 4) is 0 Å². The largest absolute Gasteiger partial charge is 0.377 e. The SMILES string of the molecule is CCOCc1ccc(CNC(=O)CCNS(=O)(=O)c2cccc(Cl)c2)cc1. The van der Waals surface area contributed by atoms with Gasteiger partial charge in [0.1, 0.15) is 0 Å². The van der Waals surface area contributed by atoms with E-state index in [4.69, 9.17) is 16.3 Å². The minimum Gasteiger partial charge on any atom is -0.377 e. The monoisotopic (exact) mass is 410 g/mol. The van der Waals surface area contributed by atoms with Gasteiger partial charge < -0.3 is 10.1 Å². The zero-order valence-corrected chi connectivity index (χ0v) is 16.6. The maximum atomic E-state index is 12.1. The Hall–Kier alpha value is -1.93. The molecule has 0 heterocycles. The first-order valence-electron chi connectivity index (χ1n) is 8.58. The van der Waals surface area contributed by atoms with Crippen LogP contribution in [0.1, 0.15) is 24.5 Å². The number of nitrogens with one attached hydrogen (secondary N) is 2. The van der Waals surface area contributed by atoms with Gasteiger partial charge in [-0.05, 0) is 36.2 Å². The van der Waals surface area contributed by atoms with Crippen LogP contribution in [0.4, 0.5) is 0 Å². The van der Waals surface area contributed by atoms with Gasteiger partial charge in [-0.2, -0.15) is 0 Å². The van der Waals surface area contributed by atoms with Crippen molar-refractivity contribution in [3.63, 3.8) is 0 Å². The molecule has 0 saturated heterocycles. The Bertz CT molecular complexity index is 854. The van der Waals surface area contributed by atoms with Crippen molar-refractivity contribution in [3.05, 3.63) is 64.7 Å². The smallest absolute Gasteiger partial charge is 0.240 e. The van der Waals surface area contributed by atoms with E-state index in [0.29, 0.717) is 24.8 Å². The number of rotatable bonds is 10. The molecule has 0 saturated carbocycles. The Balaban J connectivity index is 1.74. The number of halogens is 1. The number of ether oxygens (including phenoxy) is 1. The Morgan fingerprint density at radius 1 is 1.11 bits per heavy atom. The average Bonchev–Trinajstić information content (AvgIpc) is 2.65. The van der Waals surface area contributed by atoms with Crippen LogP contribution in [0.25, 0.3) is 0 Å². The lowest BCUT2D eigenvalue weighted by Crippen LogP contribution is -2.30. The van der Waals surface area contributed by atoms with Gasteiger partial charge in [0.2, 0.25) is 15.9 Å². The van der Waals surface area contributed by atoms with Gasteiger partial charge in [0.15, 0.2) is 0 Å². The number of hydrogen-bond acceptors (Lipinski definition) is 4. The van der Waals surface area contributed by atoms with Crippen molar-refractivity contribution in [1.82, 2.24) is 10.0 Å². The first-order valence-corrected chi connectivity index (χ1v) is 10.4. The van der Waals surface area contributed by atoms with Gasteiger partial charge in [-0.15, -0.1) is 0 Å². The van der Waals surface area contributed by atoms with Crippen LogP contribution in [-0.2, 0) is 32.7 Å². The van der Waals surface area contributed by atoms with Crippen molar-refractivity contribution >= 4 is 27.5 Å². The molecule has 146 valence electrons. The number of amides is 1. The highest BCUT2D eigenvalue weighted by atomic mass is 35.5. The zero-order chi connectivity index (χ0) is 19.7. The summed E-state index contributed by atoms with van der Waals surface area (Å²) in [5.74, 6) is -0.234. The van der Waals surface area contributed by atoms with Crippen LogP contribution in [0.3, 0.4) is 0 Å². The minimum absolute atomic E-state index is 0.00791. The molecule has 0 unspecified atom stereocenters. The molecule has 0 atom stereocenters. The quantitative estimate of drug-likeness (QED) is 0.630. The third-order valence-electron chi connectivity index (χ3n) is 3.74. The fraction of sp³-hybridized carbons (Fsp3) is 0.316. The van der Waals surface area contributed by atoms with E-state index in [1.807, 2.05) is 31.2 Å². The van der Waals surface area contributed by atoms with Crippen LogP contribution in [0, 0.1) is 0 Å². The lowest BCUT2D eigenvalue weighted by Gasteiger charge is -2.09. The zero-order valence-electron chi connectivity index (χ0n) is 15.1. The molecule has 0 spiro atoms. The summed E-state index contributed by atoms with van der Waals surface area (Å²) < 4.78 is 32.0. The summed E-state index contributed by atoms with van der Waals surface area (Å²) in [6.45, 7) is 3.57. The summed E-state index contributed by atoms with van der Waals surface area (Å²) in [6, 6.07) is 13.7. The van der Waals surface area contributed by atoms with Crippen molar-refractivity contribution in [1.29, 1.82) is 0 Å². The van der Waals surface area contributed by atoms with Crippen LogP contribution in [0.2, 0.25) is 5.02 Å². The maximum Gasteiger partial charge on any atom is 0.240 e. The number of carbonyl (C=O) groups is 1. The van der Waals surface area contributed by atoms with Gasteiger partial charge in [0, 0.05) is 31.1 Å². The van der Waals surface area contributed by atoms with Crippen LogP contribution in [0.5, 0.6) is 0 Å². The van der Waals surface area contributed by atoms with Crippen LogP contribution >= 0.6 is 11.6 Å². The lowest BCUT2D eigenvalue weighted by atomic mass is 10.1. The summed E-state index contributed by atoms with van der Waals surface area (Å²) in [7, 11) is -3.68. The minimum atomic E-state index is -3.68. The molecule has 27 heavy (non-hydrogen) atoms. The topological polar surface area (TPSA) is 84.5 Å². The number of hydrogen-bond donors (Lipinski definition) is 2. The highest BCUT2D eigenvalue weighted by molar-refractivity contribution is 7.89. The van der Waals surface area contributed by atoms with Crippen molar-refractivity contribution in [2.24, 2.45) is 0 Å².